The molecule has 0 aliphatic rings. The van der Waals surface area contributed by atoms with Crippen LogP contribution in [0.5, 0.6) is 5.75 Å². The van der Waals surface area contributed by atoms with Crippen molar-refractivity contribution in [3.63, 3.8) is 0 Å². The van der Waals surface area contributed by atoms with Crippen molar-refractivity contribution >= 4 is 5.65 Å². The van der Waals surface area contributed by atoms with E-state index in [0.29, 0.717) is 0 Å². The molecular formula is C21H24N6O. The van der Waals surface area contributed by atoms with Crippen molar-refractivity contribution < 1.29 is 4.74 Å². The Bertz CT molecular complexity index is 1040. The van der Waals surface area contributed by atoms with E-state index >= 15 is 0 Å². The van der Waals surface area contributed by atoms with Crippen molar-refractivity contribution in [1.82, 2.24) is 29.3 Å². The zero-order valence-electron chi connectivity index (χ0n) is 16.2. The van der Waals surface area contributed by atoms with Crippen LogP contribution < -0.4 is 4.74 Å². The highest BCUT2D eigenvalue weighted by Crippen LogP contribution is 2.33. The van der Waals surface area contributed by atoms with Gasteiger partial charge in [-0.1, -0.05) is 6.07 Å². The number of ether oxygens (including phenoxy) is 1. The van der Waals surface area contributed by atoms with Crippen LogP contribution in [-0.2, 0) is 13.1 Å². The third-order valence-electron chi connectivity index (χ3n) is 4.77. The van der Waals surface area contributed by atoms with E-state index in [-0.39, 0.29) is 0 Å². The number of methoxy groups -OCH3 is 1. The second-order valence-corrected chi connectivity index (χ2v) is 6.84. The van der Waals surface area contributed by atoms with Gasteiger partial charge in [0.15, 0.2) is 5.65 Å². The number of rotatable bonds is 8. The van der Waals surface area contributed by atoms with Crippen molar-refractivity contribution in [2.24, 2.45) is 0 Å². The molecule has 0 atom stereocenters. The van der Waals surface area contributed by atoms with Crippen LogP contribution in [0, 0.1) is 0 Å². The normalized spacial score (nSPS) is 11.4. The van der Waals surface area contributed by atoms with E-state index in [1.165, 1.54) is 5.56 Å². The molecule has 0 aliphatic carbocycles. The monoisotopic (exact) mass is 376 g/mol. The van der Waals surface area contributed by atoms with E-state index in [0.717, 1.165) is 48.6 Å². The minimum Gasteiger partial charge on any atom is -0.496 e. The molecule has 0 bridgehead atoms. The van der Waals surface area contributed by atoms with Gasteiger partial charge in [0.05, 0.1) is 18.9 Å². The van der Waals surface area contributed by atoms with E-state index in [1.807, 2.05) is 47.7 Å². The van der Waals surface area contributed by atoms with Crippen LogP contribution in [0.15, 0.2) is 61.3 Å². The summed E-state index contributed by atoms with van der Waals surface area (Å²) in [6.45, 7) is 2.79. The Hall–Kier alpha value is -3.19. The van der Waals surface area contributed by atoms with Gasteiger partial charge < -0.3 is 9.64 Å². The lowest BCUT2D eigenvalue weighted by atomic mass is 10.0. The average molecular weight is 376 g/mol. The molecule has 0 amide bonds. The van der Waals surface area contributed by atoms with Crippen molar-refractivity contribution in [2.45, 2.75) is 19.5 Å². The van der Waals surface area contributed by atoms with E-state index in [2.05, 4.69) is 39.3 Å². The first-order chi connectivity index (χ1) is 13.7. The summed E-state index contributed by atoms with van der Waals surface area (Å²) in [4.78, 5) is 6.80. The Kier molecular flexibility index (Phi) is 5.34. The van der Waals surface area contributed by atoms with Crippen LogP contribution in [0.3, 0.4) is 0 Å². The molecule has 0 N–H and O–H groups in total. The molecule has 28 heavy (non-hydrogen) atoms. The number of hydrogen-bond acceptors (Lipinski definition) is 5. The Morgan fingerprint density at radius 2 is 1.96 bits per heavy atom. The lowest BCUT2D eigenvalue weighted by Crippen LogP contribution is -2.20. The summed E-state index contributed by atoms with van der Waals surface area (Å²) >= 11 is 0. The Balaban J connectivity index is 1.50. The second-order valence-electron chi connectivity index (χ2n) is 6.84. The van der Waals surface area contributed by atoms with E-state index in [1.54, 1.807) is 17.8 Å². The second kappa shape index (κ2) is 8.22. The third-order valence-corrected chi connectivity index (χ3v) is 4.77. The number of nitrogens with zero attached hydrogens (tertiary/aromatic N) is 6. The van der Waals surface area contributed by atoms with Gasteiger partial charge in [0.25, 0.3) is 0 Å². The maximum atomic E-state index is 5.60. The van der Waals surface area contributed by atoms with Crippen LogP contribution >= 0.6 is 0 Å². The summed E-state index contributed by atoms with van der Waals surface area (Å²) in [6.07, 6.45) is 10.4. The Morgan fingerprint density at radius 3 is 2.79 bits per heavy atom. The fraction of sp³-hybridized carbons (Fsp3) is 0.286. The summed E-state index contributed by atoms with van der Waals surface area (Å²) in [5.41, 5.74) is 4.04. The van der Waals surface area contributed by atoms with Crippen molar-refractivity contribution in [2.75, 3.05) is 20.7 Å². The Morgan fingerprint density at radius 1 is 1.07 bits per heavy atom. The molecule has 0 radical (unpaired) electrons. The SMILES string of the molecule is COc1ccc(CN(C)CCCn2cccn2)cc1-c1cnn2cccnc12. The molecule has 0 saturated heterocycles. The maximum absolute atomic E-state index is 5.60. The molecule has 3 heterocycles. The van der Waals surface area contributed by atoms with Gasteiger partial charge in [-0.05, 0) is 49.8 Å². The smallest absolute Gasteiger partial charge is 0.162 e. The summed E-state index contributed by atoms with van der Waals surface area (Å²) in [5, 5.41) is 8.66. The van der Waals surface area contributed by atoms with Gasteiger partial charge in [-0.25, -0.2) is 9.50 Å². The largest absolute Gasteiger partial charge is 0.496 e. The number of benzene rings is 1. The molecule has 0 unspecified atom stereocenters. The molecule has 1 aromatic carbocycles. The van der Waals surface area contributed by atoms with E-state index < -0.39 is 0 Å². The first kappa shape index (κ1) is 18.2. The van der Waals surface area contributed by atoms with Gasteiger partial charge >= 0.3 is 0 Å². The van der Waals surface area contributed by atoms with E-state index in [4.69, 9.17) is 4.74 Å². The highest BCUT2D eigenvalue weighted by Gasteiger charge is 2.14. The van der Waals surface area contributed by atoms with Gasteiger partial charge in [0.1, 0.15) is 5.75 Å². The average Bonchev–Trinajstić information content (AvgIpc) is 3.37. The zero-order chi connectivity index (χ0) is 19.3. The highest BCUT2D eigenvalue weighted by molar-refractivity contribution is 5.81. The fourth-order valence-electron chi connectivity index (χ4n) is 3.41. The quantitative estimate of drug-likeness (QED) is 0.473. The highest BCUT2D eigenvalue weighted by atomic mass is 16.5. The van der Waals surface area contributed by atoms with Crippen LogP contribution in [-0.4, -0.2) is 50.0 Å². The minimum atomic E-state index is 0.825. The Labute approximate surface area is 164 Å². The van der Waals surface area contributed by atoms with Crippen LogP contribution in [0.4, 0.5) is 0 Å². The number of aromatic nitrogens is 5. The minimum absolute atomic E-state index is 0.825. The molecule has 0 saturated carbocycles. The molecule has 3 aromatic heterocycles. The molecule has 0 aliphatic heterocycles. The first-order valence-electron chi connectivity index (χ1n) is 9.36. The fourth-order valence-corrected chi connectivity index (χ4v) is 3.41. The van der Waals surface area contributed by atoms with Crippen LogP contribution in [0.1, 0.15) is 12.0 Å². The lowest BCUT2D eigenvalue weighted by molar-refractivity contribution is 0.311. The first-order valence-corrected chi connectivity index (χ1v) is 9.36. The topological polar surface area (TPSA) is 60.5 Å². The molecule has 4 aromatic rings. The molecule has 7 heteroatoms. The lowest BCUT2D eigenvalue weighted by Gasteiger charge is -2.18. The van der Waals surface area contributed by atoms with E-state index in [9.17, 15) is 0 Å². The maximum Gasteiger partial charge on any atom is 0.162 e. The summed E-state index contributed by atoms with van der Waals surface area (Å²) < 4.78 is 9.35. The number of fused-ring (bicyclic) bond motifs is 1. The molecule has 144 valence electrons. The van der Waals surface area contributed by atoms with Crippen molar-refractivity contribution in [1.29, 1.82) is 0 Å². The predicted octanol–water partition coefficient (Wildman–Crippen LogP) is 3.12. The van der Waals surface area contributed by atoms with Crippen molar-refractivity contribution in [3.8, 4) is 16.9 Å². The van der Waals surface area contributed by atoms with Crippen molar-refractivity contribution in [3.05, 3.63) is 66.9 Å². The molecule has 7 nitrogen and oxygen atoms in total. The van der Waals surface area contributed by atoms with Crippen LogP contribution in [0.2, 0.25) is 0 Å². The number of hydrogen-bond donors (Lipinski definition) is 0. The summed E-state index contributed by atoms with van der Waals surface area (Å²) in [6, 6.07) is 10.1. The predicted molar refractivity (Wildman–Crippen MR) is 108 cm³/mol. The van der Waals surface area contributed by atoms with Crippen LogP contribution in [0.25, 0.3) is 16.8 Å². The molecule has 4 rings (SSSR count). The van der Waals surface area contributed by atoms with Gasteiger partial charge in [0, 0.05) is 43.4 Å². The molecular weight excluding hydrogens is 352 g/mol. The van der Waals surface area contributed by atoms with Gasteiger partial charge in [-0.15, -0.1) is 0 Å². The van der Waals surface area contributed by atoms with Gasteiger partial charge in [0.2, 0.25) is 0 Å². The standard InChI is InChI=1S/C21H24N6O/c1-25(10-5-12-26-11-4-9-23-26)16-17-6-7-20(28-2)18(14-17)19-15-24-27-13-3-8-22-21(19)27/h3-4,6-9,11,13-15H,5,10,12,16H2,1-2H3. The third kappa shape index (κ3) is 3.89. The van der Waals surface area contributed by atoms with Gasteiger partial charge in [-0.3, -0.25) is 4.68 Å². The summed E-state index contributed by atoms with van der Waals surface area (Å²) in [7, 11) is 3.84. The number of aryl methyl sites for hydroxylation is 1. The molecule has 0 spiro atoms. The van der Waals surface area contributed by atoms with Gasteiger partial charge in [-0.2, -0.15) is 10.2 Å². The summed E-state index contributed by atoms with van der Waals surface area (Å²) in [5.74, 6) is 0.825. The zero-order valence-corrected chi connectivity index (χ0v) is 16.2. The molecule has 0 fully saturated rings.